The summed E-state index contributed by atoms with van der Waals surface area (Å²) in [5, 5.41) is 5.22. The van der Waals surface area contributed by atoms with Crippen LogP contribution in [-0.2, 0) is 9.59 Å². The highest BCUT2D eigenvalue weighted by atomic mass is 35.5. The van der Waals surface area contributed by atoms with Crippen LogP contribution in [0.5, 0.6) is 0 Å². The number of nitrogens with one attached hydrogen (secondary N) is 2. The Kier molecular flexibility index (Phi) is 11.8. The van der Waals surface area contributed by atoms with Crippen LogP contribution < -0.4 is 16.4 Å². The van der Waals surface area contributed by atoms with Crippen molar-refractivity contribution in [3.05, 3.63) is 0 Å². The van der Waals surface area contributed by atoms with Crippen molar-refractivity contribution in [2.24, 2.45) is 5.73 Å². The fraction of sp³-hybridized carbons (Fsp3) is 0.800. The highest BCUT2D eigenvalue weighted by molar-refractivity contribution is 5.85. The Balaban J connectivity index is 0. The second kappa shape index (κ2) is 10.7. The first kappa shape index (κ1) is 17.6. The molecule has 0 aromatic rings. The van der Waals surface area contributed by atoms with Crippen molar-refractivity contribution in [2.75, 3.05) is 13.1 Å². The van der Waals surface area contributed by atoms with Crippen molar-refractivity contribution in [1.82, 2.24) is 10.6 Å². The summed E-state index contributed by atoms with van der Waals surface area (Å²) in [6.07, 6.45) is 3.01. The smallest absolute Gasteiger partial charge is 0.239 e. The highest BCUT2D eigenvalue weighted by Gasteiger charge is 2.09. The van der Waals surface area contributed by atoms with Gasteiger partial charge in [-0.2, -0.15) is 0 Å². The van der Waals surface area contributed by atoms with Gasteiger partial charge in [-0.05, 0) is 6.42 Å². The van der Waals surface area contributed by atoms with E-state index in [1.165, 1.54) is 6.92 Å². The minimum absolute atomic E-state index is 0. The van der Waals surface area contributed by atoms with E-state index in [2.05, 4.69) is 17.6 Å². The molecule has 0 heterocycles. The number of unbranched alkanes of at least 4 members (excludes halogenated alkanes) is 1. The standard InChI is InChI=1S/C10H21N3O2.ClH/c1-3-4-5-9(6-11)13-10(15)7-12-8(2)14;/h9H,3-7,11H2,1-2H3,(H,12,14)(H,13,15);1H. The molecule has 0 saturated heterocycles. The minimum Gasteiger partial charge on any atom is -0.351 e. The van der Waals surface area contributed by atoms with Crippen LogP contribution in [0, 0.1) is 0 Å². The van der Waals surface area contributed by atoms with Crippen molar-refractivity contribution >= 4 is 24.2 Å². The van der Waals surface area contributed by atoms with Gasteiger partial charge in [-0.25, -0.2) is 0 Å². The number of rotatable bonds is 7. The van der Waals surface area contributed by atoms with E-state index in [4.69, 9.17) is 5.73 Å². The van der Waals surface area contributed by atoms with Crippen LogP contribution in [0.4, 0.5) is 0 Å². The average molecular weight is 252 g/mol. The van der Waals surface area contributed by atoms with Gasteiger partial charge in [-0.15, -0.1) is 12.4 Å². The summed E-state index contributed by atoms with van der Waals surface area (Å²) in [4.78, 5) is 21.9. The maximum atomic E-state index is 11.3. The van der Waals surface area contributed by atoms with Crippen LogP contribution in [-0.4, -0.2) is 30.9 Å². The quantitative estimate of drug-likeness (QED) is 0.604. The topological polar surface area (TPSA) is 84.2 Å². The number of carbonyl (C=O) groups excluding carboxylic acids is 2. The third-order valence-corrected chi connectivity index (χ3v) is 2.05. The Morgan fingerprint density at radius 1 is 1.38 bits per heavy atom. The molecule has 0 fully saturated rings. The van der Waals surface area contributed by atoms with Crippen LogP contribution in [0.1, 0.15) is 33.1 Å². The molecule has 0 rings (SSSR count). The van der Waals surface area contributed by atoms with Crippen molar-refractivity contribution in [2.45, 2.75) is 39.2 Å². The first-order valence-corrected chi connectivity index (χ1v) is 5.34. The van der Waals surface area contributed by atoms with Gasteiger partial charge in [-0.3, -0.25) is 9.59 Å². The molecule has 0 aliphatic rings. The van der Waals surface area contributed by atoms with E-state index in [0.717, 1.165) is 19.3 Å². The fourth-order valence-corrected chi connectivity index (χ4v) is 1.18. The third-order valence-electron chi connectivity index (χ3n) is 2.05. The Bertz CT molecular complexity index is 212. The molecule has 1 unspecified atom stereocenters. The number of halogens is 1. The molecule has 4 N–H and O–H groups in total. The fourth-order valence-electron chi connectivity index (χ4n) is 1.18. The predicted molar refractivity (Wildman–Crippen MR) is 66.4 cm³/mol. The van der Waals surface area contributed by atoms with Crippen molar-refractivity contribution in [3.8, 4) is 0 Å². The second-order valence-electron chi connectivity index (χ2n) is 3.55. The van der Waals surface area contributed by atoms with E-state index < -0.39 is 0 Å². The largest absolute Gasteiger partial charge is 0.351 e. The summed E-state index contributed by atoms with van der Waals surface area (Å²) in [7, 11) is 0. The first-order valence-electron chi connectivity index (χ1n) is 5.34. The molecule has 0 aliphatic heterocycles. The normalized spacial score (nSPS) is 11.2. The number of hydrogen-bond acceptors (Lipinski definition) is 3. The molecule has 0 bridgehead atoms. The van der Waals surface area contributed by atoms with Gasteiger partial charge in [0.05, 0.1) is 6.54 Å². The number of hydrogen-bond donors (Lipinski definition) is 3. The molecule has 0 saturated carbocycles. The molecular weight excluding hydrogens is 230 g/mol. The molecule has 16 heavy (non-hydrogen) atoms. The zero-order valence-corrected chi connectivity index (χ0v) is 10.7. The molecular formula is C10H22ClN3O2. The van der Waals surface area contributed by atoms with Gasteiger partial charge < -0.3 is 16.4 Å². The number of amides is 2. The van der Waals surface area contributed by atoms with Crippen LogP contribution in [0.2, 0.25) is 0 Å². The first-order chi connectivity index (χ1) is 7.10. The minimum atomic E-state index is -0.206. The van der Waals surface area contributed by atoms with E-state index in [1.807, 2.05) is 0 Å². The zero-order valence-electron chi connectivity index (χ0n) is 9.91. The lowest BCUT2D eigenvalue weighted by Gasteiger charge is -2.16. The lowest BCUT2D eigenvalue weighted by atomic mass is 10.1. The van der Waals surface area contributed by atoms with E-state index in [9.17, 15) is 9.59 Å². The van der Waals surface area contributed by atoms with Crippen LogP contribution in [0.25, 0.3) is 0 Å². The summed E-state index contributed by atoms with van der Waals surface area (Å²) in [6.45, 7) is 3.93. The van der Waals surface area contributed by atoms with E-state index in [1.54, 1.807) is 0 Å². The molecule has 0 aromatic heterocycles. The van der Waals surface area contributed by atoms with Crippen molar-refractivity contribution < 1.29 is 9.59 Å². The Morgan fingerprint density at radius 3 is 2.44 bits per heavy atom. The van der Waals surface area contributed by atoms with Gasteiger partial charge in [0.1, 0.15) is 0 Å². The molecule has 0 radical (unpaired) electrons. The van der Waals surface area contributed by atoms with E-state index in [-0.39, 0.29) is 36.8 Å². The zero-order chi connectivity index (χ0) is 11.7. The van der Waals surface area contributed by atoms with Crippen LogP contribution in [0.15, 0.2) is 0 Å². The highest BCUT2D eigenvalue weighted by Crippen LogP contribution is 1.98. The van der Waals surface area contributed by atoms with Gasteiger partial charge in [-0.1, -0.05) is 19.8 Å². The molecule has 2 amide bonds. The Morgan fingerprint density at radius 2 is 2.00 bits per heavy atom. The van der Waals surface area contributed by atoms with Crippen LogP contribution in [0.3, 0.4) is 0 Å². The van der Waals surface area contributed by atoms with Crippen molar-refractivity contribution in [1.29, 1.82) is 0 Å². The van der Waals surface area contributed by atoms with Crippen LogP contribution >= 0.6 is 12.4 Å². The lowest BCUT2D eigenvalue weighted by Crippen LogP contribution is -2.44. The van der Waals surface area contributed by atoms with Gasteiger partial charge >= 0.3 is 0 Å². The molecule has 0 spiro atoms. The summed E-state index contributed by atoms with van der Waals surface area (Å²) in [5.74, 6) is -0.389. The average Bonchev–Trinajstić information content (AvgIpc) is 2.21. The number of carbonyl (C=O) groups is 2. The summed E-state index contributed by atoms with van der Waals surface area (Å²) in [5.41, 5.74) is 5.52. The lowest BCUT2D eigenvalue weighted by molar-refractivity contribution is -0.125. The van der Waals surface area contributed by atoms with Gasteiger partial charge in [0, 0.05) is 19.5 Å². The van der Waals surface area contributed by atoms with Gasteiger partial charge in [0.25, 0.3) is 0 Å². The maximum absolute atomic E-state index is 11.3. The van der Waals surface area contributed by atoms with Gasteiger partial charge in [0.15, 0.2) is 0 Å². The molecule has 5 nitrogen and oxygen atoms in total. The number of nitrogens with two attached hydrogens (primary N) is 1. The molecule has 1 atom stereocenters. The SMILES string of the molecule is CCCCC(CN)NC(=O)CNC(C)=O.Cl. The molecule has 0 aromatic carbocycles. The Labute approximate surface area is 103 Å². The van der Waals surface area contributed by atoms with Gasteiger partial charge in [0.2, 0.25) is 11.8 Å². The monoisotopic (exact) mass is 251 g/mol. The second-order valence-corrected chi connectivity index (χ2v) is 3.55. The molecule has 0 aliphatic carbocycles. The summed E-state index contributed by atoms with van der Waals surface area (Å²) in [6, 6.07) is 0.0196. The van der Waals surface area contributed by atoms with Crippen molar-refractivity contribution in [3.63, 3.8) is 0 Å². The molecule has 96 valence electrons. The summed E-state index contributed by atoms with van der Waals surface area (Å²) >= 11 is 0. The Hall–Kier alpha value is -0.810. The molecule has 6 heteroatoms. The maximum Gasteiger partial charge on any atom is 0.239 e. The third kappa shape index (κ3) is 9.73. The predicted octanol–water partition coefficient (Wildman–Crippen LogP) is 0.178. The van der Waals surface area contributed by atoms with E-state index in [0.29, 0.717) is 6.54 Å². The van der Waals surface area contributed by atoms with E-state index >= 15 is 0 Å². The summed E-state index contributed by atoms with van der Waals surface area (Å²) < 4.78 is 0.